The van der Waals surface area contributed by atoms with Crippen molar-refractivity contribution in [2.45, 2.75) is 43.5 Å². The van der Waals surface area contributed by atoms with Crippen LogP contribution >= 0.6 is 11.8 Å². The van der Waals surface area contributed by atoms with Crippen LogP contribution in [0.25, 0.3) is 0 Å². The Labute approximate surface area is 125 Å². The molecule has 0 aromatic heterocycles. The van der Waals surface area contributed by atoms with Gasteiger partial charge in [-0.1, -0.05) is 6.07 Å². The van der Waals surface area contributed by atoms with E-state index in [1.807, 2.05) is 30.0 Å². The first-order valence-electron chi connectivity index (χ1n) is 7.10. The molecule has 0 aliphatic heterocycles. The molecule has 20 heavy (non-hydrogen) atoms. The van der Waals surface area contributed by atoms with Gasteiger partial charge in [0.25, 0.3) is 0 Å². The van der Waals surface area contributed by atoms with Crippen LogP contribution in [0.5, 0.6) is 5.75 Å². The predicted octanol–water partition coefficient (Wildman–Crippen LogP) is 3.33. The largest absolute Gasteiger partial charge is 0.495 e. The summed E-state index contributed by atoms with van der Waals surface area (Å²) >= 11 is 2.00. The number of thioether (sulfide) groups is 1. The van der Waals surface area contributed by atoms with Crippen LogP contribution in [0, 0.1) is 11.3 Å². The summed E-state index contributed by atoms with van der Waals surface area (Å²) < 4.78 is 5.24. The molecule has 108 valence electrons. The number of nitrogens with zero attached hydrogens (tertiary/aromatic N) is 1. The molecular weight excluding hydrogens is 268 g/mol. The van der Waals surface area contributed by atoms with Crippen LogP contribution in [0.3, 0.4) is 0 Å². The third-order valence-corrected chi connectivity index (χ3v) is 5.13. The minimum absolute atomic E-state index is 0.594. The smallest absolute Gasteiger partial charge is 0.136 e. The second-order valence-corrected chi connectivity index (χ2v) is 6.37. The number of hydrogen-bond acceptors (Lipinski definition) is 4. The number of nitrogens with one attached hydrogen (secondary N) is 1. The van der Waals surface area contributed by atoms with Gasteiger partial charge >= 0.3 is 0 Å². The van der Waals surface area contributed by atoms with Crippen LogP contribution in [0.15, 0.2) is 18.2 Å². The standard InChI is InChI=1S/C16H22N2OS/c1-19-16-9-12(3-4-13(16)10-17)11-18-14-5-7-15(20-2)8-6-14/h3-4,9,14-15,18H,5-8,11H2,1-2H3. The van der Waals surface area contributed by atoms with E-state index in [1.54, 1.807) is 7.11 Å². The summed E-state index contributed by atoms with van der Waals surface area (Å²) in [5.41, 5.74) is 1.77. The van der Waals surface area contributed by atoms with Crippen molar-refractivity contribution in [2.24, 2.45) is 0 Å². The molecule has 1 fully saturated rings. The number of rotatable bonds is 5. The minimum Gasteiger partial charge on any atom is -0.495 e. The van der Waals surface area contributed by atoms with E-state index in [4.69, 9.17) is 10.00 Å². The number of hydrogen-bond donors (Lipinski definition) is 1. The zero-order valence-electron chi connectivity index (χ0n) is 12.2. The van der Waals surface area contributed by atoms with E-state index in [1.165, 1.54) is 31.2 Å². The Morgan fingerprint density at radius 1 is 1.35 bits per heavy atom. The fraction of sp³-hybridized carbons (Fsp3) is 0.562. The lowest BCUT2D eigenvalue weighted by Gasteiger charge is -2.28. The molecule has 0 saturated heterocycles. The maximum atomic E-state index is 8.97. The molecule has 0 spiro atoms. The molecule has 0 bridgehead atoms. The summed E-state index contributed by atoms with van der Waals surface area (Å²) in [5.74, 6) is 0.665. The van der Waals surface area contributed by atoms with Crippen LogP contribution in [0.4, 0.5) is 0 Å². The normalized spacial score (nSPS) is 22.2. The van der Waals surface area contributed by atoms with Gasteiger partial charge in [-0.25, -0.2) is 0 Å². The van der Waals surface area contributed by atoms with Gasteiger partial charge in [-0.05, 0) is 49.6 Å². The molecule has 0 radical (unpaired) electrons. The molecule has 0 amide bonds. The number of nitriles is 1. The zero-order valence-corrected chi connectivity index (χ0v) is 13.0. The van der Waals surface area contributed by atoms with Gasteiger partial charge in [0.05, 0.1) is 12.7 Å². The lowest BCUT2D eigenvalue weighted by molar-refractivity contribution is 0.378. The van der Waals surface area contributed by atoms with Gasteiger partial charge in [-0.15, -0.1) is 0 Å². The van der Waals surface area contributed by atoms with Crippen molar-refractivity contribution < 1.29 is 4.74 Å². The zero-order chi connectivity index (χ0) is 14.4. The van der Waals surface area contributed by atoms with E-state index in [2.05, 4.69) is 17.6 Å². The average Bonchev–Trinajstić information content (AvgIpc) is 2.53. The van der Waals surface area contributed by atoms with E-state index >= 15 is 0 Å². The topological polar surface area (TPSA) is 45.0 Å². The van der Waals surface area contributed by atoms with Gasteiger partial charge in [0.1, 0.15) is 11.8 Å². The fourth-order valence-corrected chi connectivity index (χ4v) is 3.45. The van der Waals surface area contributed by atoms with Crippen molar-refractivity contribution >= 4 is 11.8 Å². The van der Waals surface area contributed by atoms with Gasteiger partial charge in [-0.2, -0.15) is 17.0 Å². The summed E-state index contributed by atoms with van der Waals surface area (Å²) in [5, 5.41) is 13.4. The summed E-state index contributed by atoms with van der Waals surface area (Å²) in [6.07, 6.45) is 7.37. The third-order valence-electron chi connectivity index (χ3n) is 3.99. The highest BCUT2D eigenvalue weighted by Crippen LogP contribution is 2.27. The van der Waals surface area contributed by atoms with E-state index < -0.39 is 0 Å². The Kier molecular flexibility index (Phi) is 5.75. The molecule has 0 atom stereocenters. The lowest BCUT2D eigenvalue weighted by atomic mass is 9.95. The Balaban J connectivity index is 1.87. The maximum Gasteiger partial charge on any atom is 0.136 e. The highest BCUT2D eigenvalue weighted by atomic mass is 32.2. The highest BCUT2D eigenvalue weighted by Gasteiger charge is 2.19. The Morgan fingerprint density at radius 3 is 2.70 bits per heavy atom. The van der Waals surface area contributed by atoms with Crippen molar-refractivity contribution in [2.75, 3.05) is 13.4 Å². The van der Waals surface area contributed by atoms with Crippen molar-refractivity contribution in [3.05, 3.63) is 29.3 Å². The molecule has 1 saturated carbocycles. The maximum absolute atomic E-state index is 8.97. The van der Waals surface area contributed by atoms with Gasteiger partial charge in [-0.3, -0.25) is 0 Å². The van der Waals surface area contributed by atoms with Gasteiger partial charge < -0.3 is 10.1 Å². The fourth-order valence-electron chi connectivity index (χ4n) is 2.70. The second kappa shape index (κ2) is 7.56. The first-order valence-corrected chi connectivity index (χ1v) is 8.38. The van der Waals surface area contributed by atoms with Crippen molar-refractivity contribution in [3.8, 4) is 11.8 Å². The predicted molar refractivity (Wildman–Crippen MR) is 84.1 cm³/mol. The van der Waals surface area contributed by atoms with Crippen LogP contribution in [0.2, 0.25) is 0 Å². The van der Waals surface area contributed by atoms with Gasteiger partial charge in [0, 0.05) is 17.8 Å². The highest BCUT2D eigenvalue weighted by molar-refractivity contribution is 7.99. The monoisotopic (exact) mass is 290 g/mol. The number of ether oxygens (including phenoxy) is 1. The van der Waals surface area contributed by atoms with E-state index in [-0.39, 0.29) is 0 Å². The third kappa shape index (κ3) is 3.91. The minimum atomic E-state index is 0.594. The van der Waals surface area contributed by atoms with Crippen molar-refractivity contribution in [1.82, 2.24) is 5.32 Å². The number of methoxy groups -OCH3 is 1. The Bertz CT molecular complexity index is 476. The molecule has 1 aliphatic rings. The van der Waals surface area contributed by atoms with Gasteiger partial charge in [0.15, 0.2) is 0 Å². The molecule has 3 nitrogen and oxygen atoms in total. The molecular formula is C16H22N2OS. The summed E-state index contributed by atoms with van der Waals surface area (Å²) in [4.78, 5) is 0. The summed E-state index contributed by atoms with van der Waals surface area (Å²) in [6.45, 7) is 0.844. The summed E-state index contributed by atoms with van der Waals surface area (Å²) in [7, 11) is 1.61. The summed E-state index contributed by atoms with van der Waals surface area (Å²) in [6, 6.07) is 8.56. The number of benzene rings is 1. The van der Waals surface area contributed by atoms with E-state index in [0.29, 0.717) is 17.4 Å². The SMILES string of the molecule is COc1cc(CNC2CCC(SC)CC2)ccc1C#N. The van der Waals surface area contributed by atoms with Crippen LogP contribution in [-0.4, -0.2) is 24.7 Å². The first-order chi connectivity index (χ1) is 9.76. The van der Waals surface area contributed by atoms with Crippen LogP contribution in [0.1, 0.15) is 36.8 Å². The second-order valence-electron chi connectivity index (χ2n) is 5.24. The van der Waals surface area contributed by atoms with Crippen molar-refractivity contribution in [3.63, 3.8) is 0 Å². The molecule has 1 N–H and O–H groups in total. The Hall–Kier alpha value is -1.18. The van der Waals surface area contributed by atoms with Gasteiger partial charge in [0.2, 0.25) is 0 Å². The van der Waals surface area contributed by atoms with Crippen LogP contribution in [-0.2, 0) is 6.54 Å². The van der Waals surface area contributed by atoms with E-state index in [0.717, 1.165) is 11.8 Å². The lowest BCUT2D eigenvalue weighted by Crippen LogP contribution is -2.33. The quantitative estimate of drug-likeness (QED) is 0.903. The van der Waals surface area contributed by atoms with Crippen molar-refractivity contribution in [1.29, 1.82) is 5.26 Å². The molecule has 1 aromatic carbocycles. The molecule has 0 unspecified atom stereocenters. The van der Waals surface area contributed by atoms with E-state index in [9.17, 15) is 0 Å². The molecule has 4 heteroatoms. The van der Waals surface area contributed by atoms with Crippen LogP contribution < -0.4 is 10.1 Å². The molecule has 1 aliphatic carbocycles. The molecule has 1 aromatic rings. The Morgan fingerprint density at radius 2 is 2.10 bits per heavy atom. The molecule has 0 heterocycles. The average molecular weight is 290 g/mol. The molecule has 2 rings (SSSR count). The first kappa shape index (κ1) is 15.2.